The molecule has 0 unspecified atom stereocenters. The number of aryl methyl sites for hydroxylation is 1. The van der Waals surface area contributed by atoms with Crippen molar-refractivity contribution in [1.82, 2.24) is 0 Å². The van der Waals surface area contributed by atoms with Gasteiger partial charge in [-0.15, -0.1) is 0 Å². The normalized spacial score (nSPS) is 19.8. The van der Waals surface area contributed by atoms with E-state index in [4.69, 9.17) is 15.0 Å². The molecule has 2 aromatic carbocycles. The van der Waals surface area contributed by atoms with Crippen LogP contribution in [-0.2, 0) is 9.63 Å². The summed E-state index contributed by atoms with van der Waals surface area (Å²) in [7, 11) is 0. The maximum absolute atomic E-state index is 13.1. The third kappa shape index (κ3) is 2.74. The molecular formula is C20H18N2O4. The minimum atomic E-state index is -0.798. The number of hydrogen-bond acceptors (Lipinski definition) is 5. The van der Waals surface area contributed by atoms with Gasteiger partial charge in [0.2, 0.25) is 5.91 Å². The lowest BCUT2D eigenvalue weighted by atomic mass is 10.0. The smallest absolute Gasteiger partial charge is 0.249 e. The highest BCUT2D eigenvalue weighted by molar-refractivity contribution is 5.80. The van der Waals surface area contributed by atoms with E-state index in [2.05, 4.69) is 0 Å². The van der Waals surface area contributed by atoms with E-state index in [1.54, 1.807) is 17.2 Å². The summed E-state index contributed by atoms with van der Waals surface area (Å²) >= 11 is 0. The quantitative estimate of drug-likeness (QED) is 0.785. The third-order valence-corrected chi connectivity index (χ3v) is 4.60. The molecule has 1 aliphatic heterocycles. The van der Waals surface area contributed by atoms with E-state index < -0.39 is 18.1 Å². The van der Waals surface area contributed by atoms with E-state index in [1.807, 2.05) is 43.3 Å². The maximum atomic E-state index is 13.1. The lowest BCUT2D eigenvalue weighted by molar-refractivity contribution is -0.127. The molecule has 3 aromatic rings. The molecule has 2 atom stereocenters. The number of primary amides is 1. The topological polar surface area (TPSA) is 85.8 Å². The fraction of sp³-hybridized carbons (Fsp3) is 0.200. The first kappa shape index (κ1) is 16.4. The van der Waals surface area contributed by atoms with Crippen LogP contribution in [0.1, 0.15) is 23.6 Å². The summed E-state index contributed by atoms with van der Waals surface area (Å²) in [6.07, 6.45) is 0.937. The van der Waals surface area contributed by atoms with E-state index in [1.165, 1.54) is 6.26 Å². The van der Waals surface area contributed by atoms with Gasteiger partial charge in [0.25, 0.3) is 0 Å². The van der Waals surface area contributed by atoms with Crippen LogP contribution in [0.3, 0.4) is 0 Å². The van der Waals surface area contributed by atoms with Crippen LogP contribution in [0, 0.1) is 6.92 Å². The van der Waals surface area contributed by atoms with Crippen molar-refractivity contribution in [3.05, 3.63) is 76.1 Å². The summed E-state index contributed by atoms with van der Waals surface area (Å²) in [4.78, 5) is 30.5. The first-order chi connectivity index (χ1) is 12.5. The Bertz CT molecular complexity index is 1030. The highest BCUT2D eigenvalue weighted by Gasteiger charge is 2.39. The highest BCUT2D eigenvalue weighted by atomic mass is 16.7. The van der Waals surface area contributed by atoms with E-state index in [0.717, 1.165) is 11.3 Å². The lowest BCUT2D eigenvalue weighted by Crippen LogP contribution is -2.30. The number of nitrogens with two attached hydrogens (primary N) is 1. The Morgan fingerprint density at radius 2 is 1.96 bits per heavy atom. The highest BCUT2D eigenvalue weighted by Crippen LogP contribution is 2.37. The van der Waals surface area contributed by atoms with Crippen molar-refractivity contribution in [3.63, 3.8) is 0 Å². The van der Waals surface area contributed by atoms with Gasteiger partial charge in [-0.1, -0.05) is 29.8 Å². The summed E-state index contributed by atoms with van der Waals surface area (Å²) in [5.74, 6) is -0.561. The number of fused-ring (bicyclic) bond motifs is 1. The van der Waals surface area contributed by atoms with Crippen LogP contribution < -0.4 is 16.2 Å². The van der Waals surface area contributed by atoms with Crippen LogP contribution in [0.5, 0.6) is 0 Å². The van der Waals surface area contributed by atoms with Gasteiger partial charge in [-0.2, -0.15) is 0 Å². The zero-order chi connectivity index (χ0) is 18.3. The number of para-hydroxylation sites is 1. The first-order valence-corrected chi connectivity index (χ1v) is 8.37. The van der Waals surface area contributed by atoms with Crippen molar-refractivity contribution in [2.45, 2.75) is 25.5 Å². The minimum absolute atomic E-state index is 0.130. The molecule has 132 valence electrons. The molecule has 6 nitrogen and oxygen atoms in total. The standard InChI is InChI=1S/C20H18N2O4/c1-12-7-8-17-14(9-12)19(23)15(11-25-17)16-10-18(20(21)24)26-22(16)13-5-3-2-4-6-13/h2-9,11,16,18H,10H2,1H3,(H2,21,24)/t16-,18-/m0/s1. The van der Waals surface area contributed by atoms with Crippen molar-refractivity contribution in [2.24, 2.45) is 5.73 Å². The van der Waals surface area contributed by atoms with Gasteiger partial charge in [0, 0.05) is 6.42 Å². The second-order valence-electron chi connectivity index (χ2n) is 6.43. The molecule has 2 N–H and O–H groups in total. The largest absolute Gasteiger partial charge is 0.464 e. The molecule has 26 heavy (non-hydrogen) atoms. The number of benzene rings is 2. The second-order valence-corrected chi connectivity index (χ2v) is 6.43. The Morgan fingerprint density at radius 3 is 2.69 bits per heavy atom. The number of hydroxylamine groups is 1. The second kappa shape index (κ2) is 6.31. The molecule has 1 fully saturated rings. The van der Waals surface area contributed by atoms with Gasteiger partial charge in [-0.3, -0.25) is 14.4 Å². The van der Waals surface area contributed by atoms with Crippen LogP contribution in [-0.4, -0.2) is 12.0 Å². The Balaban J connectivity index is 1.84. The summed E-state index contributed by atoms with van der Waals surface area (Å²) in [6, 6.07) is 14.3. The van der Waals surface area contributed by atoms with E-state index >= 15 is 0 Å². The van der Waals surface area contributed by atoms with Crippen molar-refractivity contribution in [2.75, 3.05) is 5.06 Å². The zero-order valence-corrected chi connectivity index (χ0v) is 14.2. The molecule has 0 radical (unpaired) electrons. The monoisotopic (exact) mass is 350 g/mol. The Hall–Kier alpha value is -3.12. The van der Waals surface area contributed by atoms with Crippen LogP contribution in [0.2, 0.25) is 0 Å². The maximum Gasteiger partial charge on any atom is 0.249 e. The summed E-state index contributed by atoms with van der Waals surface area (Å²) in [5.41, 5.74) is 7.99. The Labute approximate surface area is 149 Å². The molecule has 1 aliphatic rings. The molecule has 0 bridgehead atoms. The number of hydrogen-bond donors (Lipinski definition) is 1. The van der Waals surface area contributed by atoms with Gasteiger partial charge in [-0.25, -0.2) is 5.06 Å². The van der Waals surface area contributed by atoms with Crippen molar-refractivity contribution >= 4 is 22.6 Å². The number of carbonyl (C=O) groups is 1. The predicted molar refractivity (Wildman–Crippen MR) is 97.6 cm³/mol. The number of amides is 1. The van der Waals surface area contributed by atoms with Crippen molar-refractivity contribution in [3.8, 4) is 0 Å². The molecule has 4 rings (SSSR count). The predicted octanol–water partition coefficient (Wildman–Crippen LogP) is 2.84. The molecule has 0 spiro atoms. The first-order valence-electron chi connectivity index (χ1n) is 8.37. The SMILES string of the molecule is Cc1ccc2occ([C@@H]3C[C@@H](C(N)=O)ON3c3ccccc3)c(=O)c2c1. The fourth-order valence-corrected chi connectivity index (χ4v) is 3.28. The minimum Gasteiger partial charge on any atom is -0.464 e. The van der Waals surface area contributed by atoms with Gasteiger partial charge in [0.05, 0.1) is 22.7 Å². The molecule has 0 saturated carbocycles. The van der Waals surface area contributed by atoms with Gasteiger partial charge in [-0.05, 0) is 31.2 Å². The van der Waals surface area contributed by atoms with Gasteiger partial charge >= 0.3 is 0 Å². The zero-order valence-electron chi connectivity index (χ0n) is 14.2. The van der Waals surface area contributed by atoms with E-state index in [9.17, 15) is 9.59 Å². The van der Waals surface area contributed by atoms with Gasteiger partial charge in [0.1, 0.15) is 11.8 Å². The van der Waals surface area contributed by atoms with E-state index in [0.29, 0.717) is 16.5 Å². The molecular weight excluding hydrogens is 332 g/mol. The van der Waals surface area contributed by atoms with Crippen molar-refractivity contribution in [1.29, 1.82) is 0 Å². The third-order valence-electron chi connectivity index (χ3n) is 4.60. The number of anilines is 1. The van der Waals surface area contributed by atoms with Gasteiger partial charge in [0.15, 0.2) is 11.5 Å². The number of carbonyl (C=O) groups excluding carboxylic acids is 1. The lowest BCUT2D eigenvalue weighted by Gasteiger charge is -2.24. The summed E-state index contributed by atoms with van der Waals surface area (Å²) in [5, 5.41) is 2.08. The molecule has 2 heterocycles. The Morgan fingerprint density at radius 1 is 1.19 bits per heavy atom. The summed E-state index contributed by atoms with van der Waals surface area (Å²) < 4.78 is 5.67. The average Bonchev–Trinajstić information content (AvgIpc) is 3.09. The van der Waals surface area contributed by atoms with Crippen LogP contribution in [0.15, 0.2) is 64.0 Å². The molecule has 1 amide bonds. The van der Waals surface area contributed by atoms with Gasteiger partial charge < -0.3 is 10.2 Å². The fourth-order valence-electron chi connectivity index (χ4n) is 3.28. The van der Waals surface area contributed by atoms with E-state index in [-0.39, 0.29) is 11.8 Å². The average molecular weight is 350 g/mol. The molecule has 1 aromatic heterocycles. The van der Waals surface area contributed by atoms with Crippen LogP contribution in [0.4, 0.5) is 5.69 Å². The molecule has 0 aliphatic carbocycles. The molecule has 6 heteroatoms. The van der Waals surface area contributed by atoms with Crippen LogP contribution >= 0.6 is 0 Å². The Kier molecular flexibility index (Phi) is 3.97. The molecule has 1 saturated heterocycles. The number of nitrogens with zero attached hydrogens (tertiary/aromatic N) is 1. The van der Waals surface area contributed by atoms with Crippen molar-refractivity contribution < 1.29 is 14.0 Å². The van der Waals surface area contributed by atoms with Crippen LogP contribution in [0.25, 0.3) is 11.0 Å². The summed E-state index contributed by atoms with van der Waals surface area (Å²) in [6.45, 7) is 1.92. The number of rotatable bonds is 3.